The summed E-state index contributed by atoms with van der Waals surface area (Å²) in [5.74, 6) is -0.860. The first-order chi connectivity index (χ1) is 9.44. The highest BCUT2D eigenvalue weighted by Crippen LogP contribution is 2.23. The topological polar surface area (TPSA) is 69.6 Å². The number of carboxylic acid groups (broad SMARTS) is 1. The van der Waals surface area contributed by atoms with Crippen LogP contribution in [0.4, 0.5) is 4.79 Å². The molecule has 0 aromatic rings. The largest absolute Gasteiger partial charge is 0.481 e. The van der Waals surface area contributed by atoms with Crippen LogP contribution in [0.1, 0.15) is 59.3 Å². The Morgan fingerprint density at radius 3 is 2.30 bits per heavy atom. The molecular weight excluding hydrogens is 256 g/mol. The second kappa shape index (κ2) is 7.50. The normalized spacial score (nSPS) is 19.1. The molecular formula is C15H28N2O3. The SMILES string of the molecule is CCN(C(=O)NCC(C)(CC)C(=O)O)C1CCCCC1. The van der Waals surface area contributed by atoms with Gasteiger partial charge in [-0.15, -0.1) is 0 Å². The maximum Gasteiger partial charge on any atom is 0.317 e. The number of carboxylic acids is 1. The lowest BCUT2D eigenvalue weighted by molar-refractivity contribution is -0.147. The molecule has 0 aliphatic heterocycles. The lowest BCUT2D eigenvalue weighted by Crippen LogP contribution is -2.50. The van der Waals surface area contributed by atoms with Crippen molar-refractivity contribution in [3.8, 4) is 0 Å². The summed E-state index contributed by atoms with van der Waals surface area (Å²) in [7, 11) is 0. The Morgan fingerprint density at radius 2 is 1.85 bits per heavy atom. The van der Waals surface area contributed by atoms with Crippen LogP contribution < -0.4 is 5.32 Å². The lowest BCUT2D eigenvalue weighted by Gasteiger charge is -2.34. The Kier molecular flexibility index (Phi) is 6.30. The number of nitrogens with zero attached hydrogens (tertiary/aromatic N) is 1. The van der Waals surface area contributed by atoms with Crippen LogP contribution in [-0.2, 0) is 4.79 Å². The van der Waals surface area contributed by atoms with E-state index in [1.165, 1.54) is 19.3 Å². The van der Waals surface area contributed by atoms with Gasteiger partial charge < -0.3 is 15.3 Å². The van der Waals surface area contributed by atoms with Crippen molar-refractivity contribution >= 4 is 12.0 Å². The summed E-state index contributed by atoms with van der Waals surface area (Å²) in [6.07, 6.45) is 6.23. The van der Waals surface area contributed by atoms with Crippen LogP contribution >= 0.6 is 0 Å². The highest BCUT2D eigenvalue weighted by Gasteiger charge is 2.32. The quantitative estimate of drug-likeness (QED) is 0.788. The molecule has 0 heterocycles. The fraction of sp³-hybridized carbons (Fsp3) is 0.867. The van der Waals surface area contributed by atoms with Crippen LogP contribution in [0, 0.1) is 5.41 Å². The van der Waals surface area contributed by atoms with Crippen LogP contribution in [0.2, 0.25) is 0 Å². The molecule has 116 valence electrons. The number of hydrogen-bond acceptors (Lipinski definition) is 2. The summed E-state index contributed by atoms with van der Waals surface area (Å²) in [6.45, 7) is 6.34. The highest BCUT2D eigenvalue weighted by molar-refractivity contribution is 5.78. The van der Waals surface area contributed by atoms with Crippen molar-refractivity contribution in [2.45, 2.75) is 65.3 Å². The molecule has 2 amide bonds. The van der Waals surface area contributed by atoms with E-state index in [-0.39, 0.29) is 12.6 Å². The molecule has 1 aliphatic carbocycles. The molecule has 1 atom stereocenters. The van der Waals surface area contributed by atoms with E-state index in [9.17, 15) is 14.7 Å². The van der Waals surface area contributed by atoms with Crippen molar-refractivity contribution in [1.29, 1.82) is 0 Å². The second-order valence-electron chi connectivity index (χ2n) is 5.96. The number of hydrogen-bond donors (Lipinski definition) is 2. The van der Waals surface area contributed by atoms with Gasteiger partial charge in [0.25, 0.3) is 0 Å². The number of carbonyl (C=O) groups is 2. The van der Waals surface area contributed by atoms with Crippen LogP contribution in [0.15, 0.2) is 0 Å². The summed E-state index contributed by atoms with van der Waals surface area (Å²) >= 11 is 0. The zero-order chi connectivity index (χ0) is 15.2. The molecule has 20 heavy (non-hydrogen) atoms. The van der Waals surface area contributed by atoms with Gasteiger partial charge in [-0.3, -0.25) is 4.79 Å². The summed E-state index contributed by atoms with van der Waals surface area (Å²) in [6, 6.07) is 0.187. The molecule has 0 saturated heterocycles. The van der Waals surface area contributed by atoms with Gasteiger partial charge in [-0.2, -0.15) is 0 Å². The van der Waals surface area contributed by atoms with E-state index >= 15 is 0 Å². The van der Waals surface area contributed by atoms with E-state index in [1.807, 2.05) is 18.7 Å². The number of carbonyl (C=O) groups excluding carboxylic acids is 1. The molecule has 0 bridgehead atoms. The van der Waals surface area contributed by atoms with Crippen LogP contribution in [0.25, 0.3) is 0 Å². The molecule has 0 spiro atoms. The Morgan fingerprint density at radius 1 is 1.25 bits per heavy atom. The molecule has 1 unspecified atom stereocenters. The third kappa shape index (κ3) is 4.12. The van der Waals surface area contributed by atoms with Gasteiger partial charge in [0.1, 0.15) is 0 Å². The molecule has 0 aromatic carbocycles. The van der Waals surface area contributed by atoms with Gasteiger partial charge in [0.05, 0.1) is 5.41 Å². The number of rotatable bonds is 6. The lowest BCUT2D eigenvalue weighted by atomic mass is 9.88. The third-order valence-corrected chi connectivity index (χ3v) is 4.54. The maximum absolute atomic E-state index is 12.3. The predicted octanol–water partition coefficient (Wildman–Crippen LogP) is 2.85. The van der Waals surface area contributed by atoms with Gasteiger partial charge >= 0.3 is 12.0 Å². The number of aliphatic carboxylic acids is 1. The molecule has 1 saturated carbocycles. The zero-order valence-corrected chi connectivity index (χ0v) is 12.9. The van der Waals surface area contributed by atoms with E-state index < -0.39 is 11.4 Å². The van der Waals surface area contributed by atoms with E-state index in [1.54, 1.807) is 6.92 Å². The van der Waals surface area contributed by atoms with Crippen LogP contribution in [0.5, 0.6) is 0 Å². The van der Waals surface area contributed by atoms with Crippen molar-refractivity contribution in [3.63, 3.8) is 0 Å². The predicted molar refractivity (Wildman–Crippen MR) is 78.7 cm³/mol. The minimum Gasteiger partial charge on any atom is -0.481 e. The Balaban J connectivity index is 2.56. The molecule has 5 heteroatoms. The average Bonchev–Trinajstić information content (AvgIpc) is 2.46. The van der Waals surface area contributed by atoms with Gasteiger partial charge in [0.15, 0.2) is 0 Å². The summed E-state index contributed by atoms with van der Waals surface area (Å²) in [5, 5.41) is 12.0. The van der Waals surface area contributed by atoms with Gasteiger partial charge in [0, 0.05) is 19.1 Å². The molecule has 1 rings (SSSR count). The standard InChI is InChI=1S/C15H28N2O3/c1-4-15(3,13(18)19)11-16-14(20)17(5-2)12-9-7-6-8-10-12/h12H,4-11H2,1-3H3,(H,16,20)(H,18,19). The third-order valence-electron chi connectivity index (χ3n) is 4.54. The number of amides is 2. The van der Waals surface area contributed by atoms with Crippen LogP contribution in [0.3, 0.4) is 0 Å². The number of nitrogens with one attached hydrogen (secondary N) is 1. The molecule has 0 aromatic heterocycles. The van der Waals surface area contributed by atoms with E-state index in [0.29, 0.717) is 19.0 Å². The van der Waals surface area contributed by atoms with E-state index in [4.69, 9.17) is 0 Å². The zero-order valence-electron chi connectivity index (χ0n) is 12.9. The molecule has 1 aliphatic rings. The fourth-order valence-corrected chi connectivity index (χ4v) is 2.68. The second-order valence-corrected chi connectivity index (χ2v) is 5.96. The minimum absolute atomic E-state index is 0.125. The molecule has 2 N–H and O–H groups in total. The number of urea groups is 1. The summed E-state index contributed by atoms with van der Waals surface area (Å²) in [4.78, 5) is 25.4. The van der Waals surface area contributed by atoms with Gasteiger partial charge in [-0.25, -0.2) is 4.79 Å². The van der Waals surface area contributed by atoms with Gasteiger partial charge in [-0.05, 0) is 33.1 Å². The van der Waals surface area contributed by atoms with E-state index in [2.05, 4.69) is 5.32 Å². The highest BCUT2D eigenvalue weighted by atomic mass is 16.4. The Labute approximate surface area is 121 Å². The first kappa shape index (κ1) is 16.8. The first-order valence-corrected chi connectivity index (χ1v) is 7.72. The van der Waals surface area contributed by atoms with Crippen molar-refractivity contribution in [3.05, 3.63) is 0 Å². The van der Waals surface area contributed by atoms with Crippen molar-refractivity contribution in [2.75, 3.05) is 13.1 Å². The Hall–Kier alpha value is -1.26. The fourth-order valence-electron chi connectivity index (χ4n) is 2.68. The maximum atomic E-state index is 12.3. The monoisotopic (exact) mass is 284 g/mol. The minimum atomic E-state index is -0.887. The first-order valence-electron chi connectivity index (χ1n) is 7.72. The van der Waals surface area contributed by atoms with Crippen molar-refractivity contribution in [1.82, 2.24) is 10.2 Å². The Bertz CT molecular complexity index is 340. The summed E-state index contributed by atoms with van der Waals surface area (Å²) in [5.41, 5.74) is -0.887. The smallest absolute Gasteiger partial charge is 0.317 e. The average molecular weight is 284 g/mol. The van der Waals surface area contributed by atoms with Gasteiger partial charge in [0.2, 0.25) is 0 Å². The molecule has 0 radical (unpaired) electrons. The summed E-state index contributed by atoms with van der Waals surface area (Å²) < 4.78 is 0. The van der Waals surface area contributed by atoms with Crippen molar-refractivity contribution < 1.29 is 14.7 Å². The van der Waals surface area contributed by atoms with Crippen molar-refractivity contribution in [2.24, 2.45) is 5.41 Å². The van der Waals surface area contributed by atoms with Crippen LogP contribution in [-0.4, -0.2) is 41.1 Å². The molecule has 1 fully saturated rings. The van der Waals surface area contributed by atoms with Gasteiger partial charge in [-0.1, -0.05) is 26.2 Å². The molecule has 5 nitrogen and oxygen atoms in total. The van der Waals surface area contributed by atoms with E-state index in [0.717, 1.165) is 12.8 Å².